The van der Waals surface area contributed by atoms with E-state index in [1.165, 1.54) is 42.5 Å². The van der Waals surface area contributed by atoms with E-state index in [1.54, 1.807) is 12.1 Å². The molecule has 1 aromatic heterocycles. The first-order valence-corrected chi connectivity index (χ1v) is 8.65. The molecule has 0 fully saturated rings. The SMILES string of the molecule is [N-]=[N+]=NCCc1ccc(O)c(N=Nc2ccc(C(=O)On3c(O)ccc3O)cc2)c1. The van der Waals surface area contributed by atoms with Crippen LogP contribution in [0.25, 0.3) is 10.4 Å². The lowest BCUT2D eigenvalue weighted by Gasteiger charge is -2.06. The van der Waals surface area contributed by atoms with E-state index in [9.17, 15) is 20.1 Å². The van der Waals surface area contributed by atoms with Crippen molar-refractivity contribution >= 4 is 17.3 Å². The summed E-state index contributed by atoms with van der Waals surface area (Å²) in [5.41, 5.74) is 9.97. The molecule has 0 spiro atoms. The van der Waals surface area contributed by atoms with Gasteiger partial charge >= 0.3 is 5.97 Å². The van der Waals surface area contributed by atoms with Crippen molar-refractivity contribution in [2.75, 3.05) is 6.54 Å². The molecule has 0 unspecified atom stereocenters. The fourth-order valence-corrected chi connectivity index (χ4v) is 2.44. The third-order valence-electron chi connectivity index (χ3n) is 3.95. The highest BCUT2D eigenvalue weighted by atomic mass is 16.7. The van der Waals surface area contributed by atoms with E-state index in [4.69, 9.17) is 10.4 Å². The van der Waals surface area contributed by atoms with Gasteiger partial charge in [-0.1, -0.05) is 11.2 Å². The van der Waals surface area contributed by atoms with E-state index in [2.05, 4.69) is 20.3 Å². The monoisotopic (exact) mass is 408 g/mol. The zero-order valence-corrected chi connectivity index (χ0v) is 15.5. The molecule has 0 saturated heterocycles. The molecule has 30 heavy (non-hydrogen) atoms. The van der Waals surface area contributed by atoms with Crippen molar-refractivity contribution in [3.05, 3.63) is 76.2 Å². The van der Waals surface area contributed by atoms with Crippen molar-refractivity contribution in [2.45, 2.75) is 6.42 Å². The number of hydrogen-bond donors (Lipinski definition) is 3. The normalized spacial score (nSPS) is 10.7. The fraction of sp³-hybridized carbons (Fsp3) is 0.105. The lowest BCUT2D eigenvalue weighted by atomic mass is 10.1. The van der Waals surface area contributed by atoms with Crippen molar-refractivity contribution in [1.82, 2.24) is 4.73 Å². The molecule has 3 aromatic rings. The molecule has 0 radical (unpaired) electrons. The summed E-state index contributed by atoms with van der Waals surface area (Å²) in [6.45, 7) is 0.286. The van der Waals surface area contributed by atoms with Crippen LogP contribution in [0.4, 0.5) is 11.4 Å². The van der Waals surface area contributed by atoms with Gasteiger partial charge in [0.2, 0.25) is 11.8 Å². The molecule has 11 heteroatoms. The summed E-state index contributed by atoms with van der Waals surface area (Å²) in [6, 6.07) is 13.0. The van der Waals surface area contributed by atoms with Gasteiger partial charge < -0.3 is 20.2 Å². The molecule has 11 nitrogen and oxygen atoms in total. The largest absolute Gasteiger partial charge is 0.506 e. The first-order chi connectivity index (χ1) is 14.5. The van der Waals surface area contributed by atoms with Crippen molar-refractivity contribution in [3.8, 4) is 17.5 Å². The second-order valence-electron chi connectivity index (χ2n) is 6.00. The van der Waals surface area contributed by atoms with Crippen LogP contribution in [-0.4, -0.2) is 32.6 Å². The molecule has 1 heterocycles. The Morgan fingerprint density at radius 3 is 2.37 bits per heavy atom. The third kappa shape index (κ3) is 4.86. The molecule has 152 valence electrons. The second-order valence-corrected chi connectivity index (χ2v) is 6.00. The highest BCUT2D eigenvalue weighted by Gasteiger charge is 2.14. The third-order valence-corrected chi connectivity index (χ3v) is 3.95. The van der Waals surface area contributed by atoms with E-state index in [1.807, 2.05) is 0 Å². The van der Waals surface area contributed by atoms with Crippen LogP contribution in [0.2, 0.25) is 0 Å². The van der Waals surface area contributed by atoms with E-state index < -0.39 is 17.7 Å². The minimum absolute atomic E-state index is 0.0576. The van der Waals surface area contributed by atoms with Crippen LogP contribution in [0.1, 0.15) is 15.9 Å². The Balaban J connectivity index is 1.69. The highest BCUT2D eigenvalue weighted by molar-refractivity contribution is 5.90. The summed E-state index contributed by atoms with van der Waals surface area (Å²) in [7, 11) is 0. The van der Waals surface area contributed by atoms with Gasteiger partial charge in [-0.05, 0) is 53.9 Å². The number of benzene rings is 2. The maximum Gasteiger partial charge on any atom is 0.363 e. The van der Waals surface area contributed by atoms with Crippen LogP contribution < -0.4 is 4.84 Å². The number of phenolic OH excluding ortho intramolecular Hbond substituents is 1. The maximum atomic E-state index is 12.1. The maximum absolute atomic E-state index is 12.1. The van der Waals surface area contributed by atoms with Gasteiger partial charge in [-0.2, -0.15) is 5.11 Å². The quantitative estimate of drug-likeness (QED) is 0.303. The molecule has 3 rings (SSSR count). The van der Waals surface area contributed by atoms with Gasteiger partial charge in [0.25, 0.3) is 0 Å². The number of hydrogen-bond acceptors (Lipinski definition) is 8. The number of aromatic hydroxyl groups is 3. The summed E-state index contributed by atoms with van der Waals surface area (Å²) in [4.78, 5) is 19.7. The van der Waals surface area contributed by atoms with Gasteiger partial charge in [-0.25, -0.2) is 4.79 Å². The van der Waals surface area contributed by atoms with E-state index in [0.717, 1.165) is 5.56 Å². The average molecular weight is 408 g/mol. The van der Waals surface area contributed by atoms with Crippen LogP contribution in [0.15, 0.2) is 69.9 Å². The van der Waals surface area contributed by atoms with E-state index >= 15 is 0 Å². The van der Waals surface area contributed by atoms with Gasteiger partial charge in [0.05, 0.1) is 11.3 Å². The standard InChI is InChI=1S/C19H16N6O5/c20-24-21-10-9-12-1-6-16(26)15(11-12)23-22-14-4-2-13(3-5-14)19(29)30-25-17(27)7-8-18(25)28/h1-8,11,26-28H,9-10H2. The van der Waals surface area contributed by atoms with E-state index in [-0.39, 0.29) is 23.5 Å². The molecule has 0 atom stereocenters. The predicted molar refractivity (Wildman–Crippen MR) is 105 cm³/mol. The molecular formula is C19H16N6O5. The molecule has 0 bridgehead atoms. The second kappa shape index (κ2) is 9.13. The first kappa shape index (κ1) is 20.2. The Hall–Kier alpha value is -4.50. The molecule has 0 aliphatic heterocycles. The van der Waals surface area contributed by atoms with E-state index in [0.29, 0.717) is 16.8 Å². The lowest BCUT2D eigenvalue weighted by molar-refractivity contribution is 0.0382. The van der Waals surface area contributed by atoms with Crippen LogP contribution in [0, 0.1) is 0 Å². The molecule has 0 saturated carbocycles. The average Bonchev–Trinajstić information content (AvgIpc) is 3.06. The molecular weight excluding hydrogens is 392 g/mol. The minimum atomic E-state index is -0.800. The topological polar surface area (TPSA) is 165 Å². The zero-order chi connectivity index (χ0) is 21.5. The van der Waals surface area contributed by atoms with Crippen LogP contribution in [0.5, 0.6) is 17.5 Å². The number of phenols is 1. The van der Waals surface area contributed by atoms with Crippen LogP contribution >= 0.6 is 0 Å². The fourth-order valence-electron chi connectivity index (χ4n) is 2.44. The van der Waals surface area contributed by atoms with Crippen LogP contribution in [0.3, 0.4) is 0 Å². The highest BCUT2D eigenvalue weighted by Crippen LogP contribution is 2.29. The van der Waals surface area contributed by atoms with Crippen LogP contribution in [-0.2, 0) is 6.42 Å². The van der Waals surface area contributed by atoms with Crippen molar-refractivity contribution < 1.29 is 25.0 Å². The minimum Gasteiger partial charge on any atom is -0.506 e. The Bertz CT molecular complexity index is 1110. The van der Waals surface area contributed by atoms with Gasteiger partial charge in [0, 0.05) is 23.6 Å². The number of nitrogens with zero attached hydrogens (tertiary/aromatic N) is 6. The van der Waals surface area contributed by atoms with Crippen molar-refractivity contribution in [3.63, 3.8) is 0 Å². The Morgan fingerprint density at radius 2 is 1.70 bits per heavy atom. The van der Waals surface area contributed by atoms with Gasteiger partial charge in [-0.3, -0.25) is 0 Å². The van der Waals surface area contributed by atoms with Gasteiger partial charge in [0.1, 0.15) is 11.4 Å². The first-order valence-electron chi connectivity index (χ1n) is 8.65. The Kier molecular flexibility index (Phi) is 6.16. The molecule has 0 aliphatic carbocycles. The number of aromatic nitrogens is 1. The van der Waals surface area contributed by atoms with Gasteiger partial charge in [-0.15, -0.1) is 9.84 Å². The van der Waals surface area contributed by atoms with Crippen molar-refractivity contribution in [1.29, 1.82) is 0 Å². The summed E-state index contributed by atoms with van der Waals surface area (Å²) in [5.74, 6) is -1.70. The van der Waals surface area contributed by atoms with Crippen molar-refractivity contribution in [2.24, 2.45) is 15.3 Å². The Labute approximate surface area is 169 Å². The summed E-state index contributed by atoms with van der Waals surface area (Å²) in [5, 5.41) is 40.4. The molecule has 2 aromatic carbocycles. The zero-order valence-electron chi connectivity index (χ0n) is 15.5. The number of rotatable bonds is 7. The lowest BCUT2D eigenvalue weighted by Crippen LogP contribution is -2.18. The number of azide groups is 1. The Morgan fingerprint density at radius 1 is 1.00 bits per heavy atom. The predicted octanol–water partition coefficient (Wildman–Crippen LogP) is 4.14. The molecule has 0 aliphatic rings. The number of azo groups is 1. The summed E-state index contributed by atoms with van der Waals surface area (Å²) in [6.07, 6.45) is 0.496. The number of carbonyl (C=O) groups is 1. The molecule has 0 amide bonds. The smallest absolute Gasteiger partial charge is 0.363 e. The molecule has 3 N–H and O–H groups in total. The number of carbonyl (C=O) groups excluding carboxylic acids is 1. The van der Waals surface area contributed by atoms with Gasteiger partial charge in [0.15, 0.2) is 0 Å². The summed E-state index contributed by atoms with van der Waals surface area (Å²) < 4.78 is 0.591. The summed E-state index contributed by atoms with van der Waals surface area (Å²) >= 11 is 0.